The van der Waals surface area contributed by atoms with E-state index >= 15 is 0 Å². The Kier molecular flexibility index (Phi) is 32.6. The van der Waals surface area contributed by atoms with E-state index in [0.717, 1.165) is 65.3 Å². The number of hydrogen-bond donors (Lipinski definition) is 4. The standard InChI is InChI=1S/C27H35NO7.C25H31NO7.C22H27NO6.C6H12O4S.CH4.Na.H2O/c1-6-34-26(31)21-13-28-22(12-23(21)30)20-7-17(14-29)24(35-19-10-18(11-19)33-5)8-16(20)9-25(28)27(2,3)15-32-4;1-25(2,13-31-3)23-7-14-6-22(33-17-8-16(9-17)32-4)15(12-27)5-18(14)20-10-21(28)19(24(29)30)11-26(20)23;1-6-29-21(26)15-11-23-16(10-17(15)24)14-9-19(28-5)18(25)7-13(14)8-20(23)22(2,3)12-27-4;1-9-5-3-6(4-5)10-11(2,7)8;;;/h7-8,12-13,18-19,25,29H,6,9-11,14-15H2,1-5H3;5-6,10-11,16-17,23,27H,7-9,12-13H2,1-4H3,(H,29,30);7,9-11,20,25H,6,8,12H2,1-5H3;5-6H,3-4H2,1-2H3;1H4;;1H2/q;;;;;+1;/p-1. The molecular formula is C81H110N3NaO25S. The molecule has 5 N–H and O–H groups in total. The van der Waals surface area contributed by atoms with Crippen LogP contribution in [0.2, 0.25) is 0 Å². The van der Waals surface area contributed by atoms with Crippen molar-refractivity contribution in [3.63, 3.8) is 0 Å². The summed E-state index contributed by atoms with van der Waals surface area (Å²) in [6, 6.07) is 15.1. The summed E-state index contributed by atoms with van der Waals surface area (Å²) in [7, 11) is 8.16. The Morgan fingerprint density at radius 1 is 0.486 bits per heavy atom. The number of phenolic OH excluding ortho intramolecular Hbond substituents is 1. The molecule has 6 aromatic rings. The number of aliphatic hydroxyl groups is 2. The van der Waals surface area contributed by atoms with Gasteiger partial charge in [0.1, 0.15) is 40.4 Å². The van der Waals surface area contributed by atoms with Crippen LogP contribution in [0.5, 0.6) is 23.0 Å². The molecule has 12 rings (SSSR count). The second-order valence-corrected chi connectivity index (χ2v) is 31.9. The topological polar surface area (TPSA) is 373 Å². The first kappa shape index (κ1) is 92.5. The number of aromatic hydroxyl groups is 1. The minimum atomic E-state index is -3.27. The third-order valence-corrected chi connectivity index (χ3v) is 21.8. The molecule has 3 aromatic heterocycles. The molecule has 3 unspecified atom stereocenters. The van der Waals surface area contributed by atoms with Gasteiger partial charge >= 0.3 is 47.5 Å². The van der Waals surface area contributed by atoms with Gasteiger partial charge in [0.05, 0.1) is 101 Å². The van der Waals surface area contributed by atoms with Gasteiger partial charge in [-0.25, -0.2) is 14.4 Å². The van der Waals surface area contributed by atoms with Crippen LogP contribution in [-0.4, -0.2) is 192 Å². The van der Waals surface area contributed by atoms with E-state index in [9.17, 15) is 57.6 Å². The van der Waals surface area contributed by atoms with E-state index in [1.54, 1.807) is 81.0 Å². The van der Waals surface area contributed by atoms with Gasteiger partial charge in [-0.05, 0) is 86.2 Å². The zero-order valence-electron chi connectivity index (χ0n) is 66.1. The van der Waals surface area contributed by atoms with Crippen LogP contribution in [-0.2, 0) is 84.7 Å². The molecule has 111 heavy (non-hydrogen) atoms. The predicted octanol–water partition coefficient (Wildman–Crippen LogP) is 7.32. The second kappa shape index (κ2) is 39.1. The summed E-state index contributed by atoms with van der Waals surface area (Å²) in [5.41, 5.74) is 6.08. The van der Waals surface area contributed by atoms with Gasteiger partial charge in [0.2, 0.25) is 0 Å². The van der Waals surface area contributed by atoms with E-state index in [2.05, 4.69) is 41.5 Å². The Labute approximate surface area is 671 Å². The molecule has 3 aliphatic carbocycles. The molecule has 6 aliphatic rings. The summed E-state index contributed by atoms with van der Waals surface area (Å²) in [6.45, 7) is 17.3. The number of pyridine rings is 3. The number of ether oxygens (including phenoxy) is 11. The van der Waals surface area contributed by atoms with E-state index < -0.39 is 44.3 Å². The molecule has 30 heteroatoms. The molecule has 0 saturated heterocycles. The number of aliphatic hydroxyl groups excluding tert-OH is 2. The number of carbonyl (C=O) groups is 3. The average Bonchev–Trinajstić information content (AvgIpc) is 0.746. The number of carboxylic acid groups (broad SMARTS) is 1. The molecule has 3 atom stereocenters. The van der Waals surface area contributed by atoms with Crippen molar-refractivity contribution in [1.29, 1.82) is 0 Å². The van der Waals surface area contributed by atoms with E-state index in [1.807, 2.05) is 38.0 Å². The first-order valence-electron chi connectivity index (χ1n) is 36.2. The maximum atomic E-state index is 12.9. The first-order chi connectivity index (χ1) is 51.1. The number of esters is 2. The SMILES string of the molecule is C.CCOC(=O)c1cn2c(cc1=O)-c1cc(CO)c(OC3CC(OC)C3)cc1CC2C(C)(C)COC.CCOC(=O)c1cn2c(cc1=O)-c1cc(OC)c(O)cc1CC2C(C)(C)COC.COC1CC(OS(C)(=O)=O)C1.COCC(C)(C)C1Cc2cc(OC3CC(OC)C3)c(CO)cc2-c2cc(=O)c(C(=O)O)cn21.[Na+].[OH-]. The summed E-state index contributed by atoms with van der Waals surface area (Å²) in [4.78, 5) is 74.7. The predicted molar refractivity (Wildman–Crippen MR) is 410 cm³/mol. The minimum Gasteiger partial charge on any atom is -0.870 e. The fourth-order valence-corrected chi connectivity index (χ4v) is 15.7. The van der Waals surface area contributed by atoms with Crippen molar-refractivity contribution in [2.75, 3.05) is 89.1 Å². The van der Waals surface area contributed by atoms with Gasteiger partial charge in [0, 0.05) is 180 Å². The monoisotopic (exact) mass is 1580 g/mol. The number of carboxylic acids is 1. The summed E-state index contributed by atoms with van der Waals surface area (Å²) in [5.74, 6) is -0.841. The Balaban J connectivity index is 0.000000240. The number of benzene rings is 3. The van der Waals surface area contributed by atoms with Gasteiger partial charge in [-0.1, -0.05) is 49.0 Å². The van der Waals surface area contributed by atoms with Gasteiger partial charge in [0.15, 0.2) is 27.8 Å². The molecule has 0 amide bonds. The fourth-order valence-electron chi connectivity index (χ4n) is 15.0. The molecule has 3 saturated carbocycles. The van der Waals surface area contributed by atoms with Crippen molar-refractivity contribution in [2.24, 2.45) is 16.2 Å². The summed E-state index contributed by atoms with van der Waals surface area (Å²) in [5, 5.41) is 39.9. The maximum absolute atomic E-state index is 12.9. The molecule has 0 bridgehead atoms. The molecule has 0 spiro atoms. The van der Waals surface area contributed by atoms with Crippen LogP contribution >= 0.6 is 0 Å². The summed E-state index contributed by atoms with van der Waals surface area (Å²) in [6.07, 6.45) is 12.7. The summed E-state index contributed by atoms with van der Waals surface area (Å²) >= 11 is 0. The number of hydrogen-bond acceptors (Lipinski definition) is 24. The van der Waals surface area contributed by atoms with Crippen LogP contribution < -0.4 is 60.1 Å². The fraction of sp³-hybridized carbons (Fsp3) is 0.556. The smallest absolute Gasteiger partial charge is 0.870 e. The van der Waals surface area contributed by atoms with Crippen molar-refractivity contribution in [3.05, 3.63) is 148 Å². The Morgan fingerprint density at radius 2 is 0.811 bits per heavy atom. The average molecular weight is 1580 g/mol. The van der Waals surface area contributed by atoms with Crippen LogP contribution in [0.4, 0.5) is 0 Å². The number of methoxy groups -OCH3 is 7. The van der Waals surface area contributed by atoms with E-state index in [1.165, 1.54) is 31.5 Å². The molecule has 0 radical (unpaired) electrons. The van der Waals surface area contributed by atoms with Crippen molar-refractivity contribution in [2.45, 2.75) is 189 Å². The molecular weight excluding hydrogens is 1470 g/mol. The normalized spacial score (nSPS) is 20.2. The zero-order chi connectivity index (χ0) is 79.1. The van der Waals surface area contributed by atoms with Crippen LogP contribution in [0.1, 0.15) is 178 Å². The van der Waals surface area contributed by atoms with E-state index in [0.29, 0.717) is 97.4 Å². The number of fused-ring (bicyclic) bond motifs is 9. The minimum absolute atomic E-state index is 0. The van der Waals surface area contributed by atoms with E-state index in [-0.39, 0.29) is 162 Å². The van der Waals surface area contributed by atoms with Gasteiger partial charge in [-0.3, -0.25) is 18.6 Å². The largest absolute Gasteiger partial charge is 1.00 e. The Bertz CT molecular complexity index is 4550. The molecule has 3 fully saturated rings. The third kappa shape index (κ3) is 21.2. The molecule has 3 aliphatic heterocycles. The third-order valence-electron chi connectivity index (χ3n) is 21.2. The molecule has 3 aromatic carbocycles. The number of nitrogens with zero attached hydrogens (tertiary/aromatic N) is 3. The Morgan fingerprint density at radius 3 is 1.12 bits per heavy atom. The first-order valence-corrected chi connectivity index (χ1v) is 38.0. The zero-order valence-corrected chi connectivity index (χ0v) is 68.9. The van der Waals surface area contributed by atoms with Gasteiger partial charge < -0.3 is 91.7 Å². The van der Waals surface area contributed by atoms with Crippen LogP contribution in [0.15, 0.2) is 87.6 Å². The van der Waals surface area contributed by atoms with Gasteiger partial charge in [0.25, 0.3) is 10.1 Å². The van der Waals surface area contributed by atoms with Gasteiger partial charge in [-0.15, -0.1) is 0 Å². The number of aromatic nitrogens is 3. The van der Waals surface area contributed by atoms with Crippen LogP contribution in [0.3, 0.4) is 0 Å². The van der Waals surface area contributed by atoms with Crippen molar-refractivity contribution in [3.8, 4) is 56.8 Å². The van der Waals surface area contributed by atoms with E-state index in [4.69, 9.17) is 56.3 Å². The van der Waals surface area contributed by atoms with Crippen molar-refractivity contribution < 1.29 is 135 Å². The Hall–Kier alpha value is -7.33. The van der Waals surface area contributed by atoms with Gasteiger partial charge in [-0.2, -0.15) is 8.42 Å². The number of rotatable bonds is 26. The second-order valence-electron chi connectivity index (χ2n) is 30.3. The maximum Gasteiger partial charge on any atom is 1.00 e. The van der Waals surface area contributed by atoms with Crippen molar-refractivity contribution in [1.82, 2.24) is 13.7 Å². The quantitative estimate of drug-likeness (QED) is 0.0235. The van der Waals surface area contributed by atoms with Crippen LogP contribution in [0.25, 0.3) is 33.8 Å². The number of aromatic carboxylic acids is 1. The molecule has 6 heterocycles. The van der Waals surface area contributed by atoms with Crippen LogP contribution in [0, 0.1) is 16.2 Å². The summed E-state index contributed by atoms with van der Waals surface area (Å²) < 4.78 is 91.6. The molecule has 28 nitrogen and oxygen atoms in total. The van der Waals surface area contributed by atoms with Crippen molar-refractivity contribution >= 4 is 28.0 Å². The number of phenols is 1. The molecule has 606 valence electrons. The number of carbonyl (C=O) groups excluding carboxylic acids is 2.